The van der Waals surface area contributed by atoms with Crippen LogP contribution in [0.3, 0.4) is 0 Å². The zero-order valence-electron chi connectivity index (χ0n) is 10.1. The maximum absolute atomic E-state index is 4.37. The lowest BCUT2D eigenvalue weighted by atomic mass is 10.0. The van der Waals surface area contributed by atoms with Crippen molar-refractivity contribution in [2.75, 3.05) is 20.1 Å². The van der Waals surface area contributed by atoms with Gasteiger partial charge in [-0.15, -0.1) is 0 Å². The standard InChI is InChI=1S/C12H20N4/c1-10(12-9-14-6-7-15-12)16(2)11-4-3-5-13-8-11/h6-7,9-11,13H,3-5,8H2,1-2H3/t10-,11+/m1/s1. The Balaban J connectivity index is 2.00. The van der Waals surface area contributed by atoms with Gasteiger partial charge in [0.05, 0.1) is 11.7 Å². The minimum atomic E-state index is 0.332. The second kappa shape index (κ2) is 5.37. The quantitative estimate of drug-likeness (QED) is 0.831. The van der Waals surface area contributed by atoms with Crippen LogP contribution >= 0.6 is 0 Å². The summed E-state index contributed by atoms with van der Waals surface area (Å²) in [6.45, 7) is 4.43. The van der Waals surface area contributed by atoms with E-state index in [1.54, 1.807) is 12.4 Å². The molecular weight excluding hydrogens is 200 g/mol. The van der Waals surface area contributed by atoms with Crippen molar-refractivity contribution < 1.29 is 0 Å². The molecule has 1 aliphatic rings. The van der Waals surface area contributed by atoms with E-state index in [0.717, 1.165) is 18.8 Å². The van der Waals surface area contributed by atoms with Gasteiger partial charge in [0.25, 0.3) is 0 Å². The van der Waals surface area contributed by atoms with Gasteiger partial charge in [-0.3, -0.25) is 14.9 Å². The van der Waals surface area contributed by atoms with Crippen molar-refractivity contribution in [3.05, 3.63) is 24.3 Å². The fraction of sp³-hybridized carbons (Fsp3) is 0.667. The lowest BCUT2D eigenvalue weighted by Gasteiger charge is -2.35. The Bertz CT molecular complexity index is 308. The van der Waals surface area contributed by atoms with Crippen LogP contribution in [-0.4, -0.2) is 41.0 Å². The fourth-order valence-corrected chi connectivity index (χ4v) is 2.23. The maximum atomic E-state index is 4.37. The molecule has 0 aromatic carbocycles. The highest BCUT2D eigenvalue weighted by atomic mass is 15.2. The molecule has 1 aromatic rings. The SMILES string of the molecule is C[C@H](c1cnccn1)N(C)[C@H]1CCCNC1. The van der Waals surface area contributed by atoms with Gasteiger partial charge in [-0.1, -0.05) is 0 Å². The van der Waals surface area contributed by atoms with E-state index < -0.39 is 0 Å². The highest BCUT2D eigenvalue weighted by Gasteiger charge is 2.23. The number of piperidine rings is 1. The Kier molecular flexibility index (Phi) is 3.85. The first kappa shape index (κ1) is 11.5. The summed E-state index contributed by atoms with van der Waals surface area (Å²) in [4.78, 5) is 10.9. The van der Waals surface area contributed by atoms with Gasteiger partial charge in [-0.05, 0) is 33.4 Å². The molecule has 0 bridgehead atoms. The summed E-state index contributed by atoms with van der Waals surface area (Å²) in [5.74, 6) is 0. The van der Waals surface area contributed by atoms with Gasteiger partial charge < -0.3 is 5.32 Å². The molecule has 1 aromatic heterocycles. The molecule has 4 nitrogen and oxygen atoms in total. The second-order valence-electron chi connectivity index (χ2n) is 4.47. The molecule has 0 radical (unpaired) electrons. The molecule has 2 atom stereocenters. The van der Waals surface area contributed by atoms with Crippen LogP contribution in [0.25, 0.3) is 0 Å². The lowest BCUT2D eigenvalue weighted by Crippen LogP contribution is -2.45. The Hall–Kier alpha value is -1.00. The molecule has 1 aliphatic heterocycles. The minimum absolute atomic E-state index is 0.332. The van der Waals surface area contributed by atoms with Crippen molar-refractivity contribution in [3.8, 4) is 0 Å². The molecule has 1 saturated heterocycles. The van der Waals surface area contributed by atoms with Crippen LogP contribution in [0.5, 0.6) is 0 Å². The summed E-state index contributed by atoms with van der Waals surface area (Å²) in [5, 5.41) is 3.44. The Morgan fingerprint density at radius 2 is 2.38 bits per heavy atom. The normalized spacial score (nSPS) is 23.3. The van der Waals surface area contributed by atoms with E-state index in [-0.39, 0.29) is 0 Å². The highest BCUT2D eigenvalue weighted by molar-refractivity contribution is 5.02. The molecule has 0 aliphatic carbocycles. The molecule has 4 heteroatoms. The Labute approximate surface area is 97.1 Å². The fourth-order valence-electron chi connectivity index (χ4n) is 2.23. The number of aromatic nitrogens is 2. The summed E-state index contributed by atoms with van der Waals surface area (Å²) >= 11 is 0. The van der Waals surface area contributed by atoms with E-state index in [1.165, 1.54) is 12.8 Å². The van der Waals surface area contributed by atoms with Crippen LogP contribution in [0.4, 0.5) is 0 Å². The van der Waals surface area contributed by atoms with E-state index in [9.17, 15) is 0 Å². The van der Waals surface area contributed by atoms with E-state index in [2.05, 4.69) is 34.2 Å². The van der Waals surface area contributed by atoms with Crippen LogP contribution in [0.2, 0.25) is 0 Å². The average molecular weight is 220 g/mol. The molecule has 16 heavy (non-hydrogen) atoms. The van der Waals surface area contributed by atoms with E-state index in [4.69, 9.17) is 0 Å². The zero-order chi connectivity index (χ0) is 11.4. The molecule has 0 amide bonds. The number of hydrogen-bond acceptors (Lipinski definition) is 4. The number of nitrogens with one attached hydrogen (secondary N) is 1. The van der Waals surface area contributed by atoms with Crippen molar-refractivity contribution in [2.24, 2.45) is 0 Å². The van der Waals surface area contributed by atoms with E-state index in [1.807, 2.05) is 6.20 Å². The first-order chi connectivity index (χ1) is 7.79. The Morgan fingerprint density at radius 3 is 3.00 bits per heavy atom. The van der Waals surface area contributed by atoms with E-state index in [0.29, 0.717) is 12.1 Å². The van der Waals surface area contributed by atoms with Crippen molar-refractivity contribution in [1.29, 1.82) is 0 Å². The maximum Gasteiger partial charge on any atom is 0.0755 e. The topological polar surface area (TPSA) is 41.1 Å². The summed E-state index contributed by atoms with van der Waals surface area (Å²) in [6, 6.07) is 0.948. The van der Waals surface area contributed by atoms with Gasteiger partial charge in [-0.25, -0.2) is 0 Å². The van der Waals surface area contributed by atoms with E-state index >= 15 is 0 Å². The van der Waals surface area contributed by atoms with Crippen LogP contribution in [0.1, 0.15) is 31.5 Å². The van der Waals surface area contributed by atoms with Crippen LogP contribution in [0, 0.1) is 0 Å². The average Bonchev–Trinajstić information content (AvgIpc) is 2.39. The second-order valence-corrected chi connectivity index (χ2v) is 4.47. The summed E-state index contributed by atoms with van der Waals surface area (Å²) in [7, 11) is 2.18. The van der Waals surface area contributed by atoms with Crippen molar-refractivity contribution in [3.63, 3.8) is 0 Å². The third kappa shape index (κ3) is 2.57. The number of likely N-dealkylation sites (N-methyl/N-ethyl adjacent to an activating group) is 1. The Morgan fingerprint density at radius 1 is 1.50 bits per heavy atom. The smallest absolute Gasteiger partial charge is 0.0755 e. The van der Waals surface area contributed by atoms with Gasteiger partial charge in [-0.2, -0.15) is 0 Å². The molecule has 1 N–H and O–H groups in total. The first-order valence-electron chi connectivity index (χ1n) is 5.97. The third-order valence-corrected chi connectivity index (χ3v) is 3.47. The third-order valence-electron chi connectivity index (χ3n) is 3.47. The molecule has 2 rings (SSSR count). The predicted molar refractivity (Wildman–Crippen MR) is 64.1 cm³/mol. The van der Waals surface area contributed by atoms with Crippen LogP contribution < -0.4 is 5.32 Å². The largest absolute Gasteiger partial charge is 0.315 e. The van der Waals surface area contributed by atoms with Gasteiger partial charge in [0, 0.05) is 31.2 Å². The van der Waals surface area contributed by atoms with Gasteiger partial charge in [0.15, 0.2) is 0 Å². The van der Waals surface area contributed by atoms with Crippen LogP contribution in [-0.2, 0) is 0 Å². The van der Waals surface area contributed by atoms with Crippen LogP contribution in [0.15, 0.2) is 18.6 Å². The summed E-state index contributed by atoms with van der Waals surface area (Å²) < 4.78 is 0. The number of rotatable bonds is 3. The lowest BCUT2D eigenvalue weighted by molar-refractivity contribution is 0.153. The summed E-state index contributed by atoms with van der Waals surface area (Å²) in [5.41, 5.74) is 1.05. The predicted octanol–water partition coefficient (Wildman–Crippen LogP) is 1.22. The van der Waals surface area contributed by atoms with Gasteiger partial charge in [0.2, 0.25) is 0 Å². The molecule has 0 spiro atoms. The summed E-state index contributed by atoms with van der Waals surface area (Å²) in [6.07, 6.45) is 7.88. The minimum Gasteiger partial charge on any atom is -0.315 e. The molecule has 0 saturated carbocycles. The molecule has 1 fully saturated rings. The first-order valence-corrected chi connectivity index (χ1v) is 5.97. The van der Waals surface area contributed by atoms with Crippen molar-refractivity contribution >= 4 is 0 Å². The number of hydrogen-bond donors (Lipinski definition) is 1. The highest BCUT2D eigenvalue weighted by Crippen LogP contribution is 2.20. The van der Waals surface area contributed by atoms with Gasteiger partial charge >= 0.3 is 0 Å². The van der Waals surface area contributed by atoms with Crippen molar-refractivity contribution in [2.45, 2.75) is 31.8 Å². The number of nitrogens with zero attached hydrogens (tertiary/aromatic N) is 3. The monoisotopic (exact) mass is 220 g/mol. The molecule has 0 unspecified atom stereocenters. The van der Waals surface area contributed by atoms with Gasteiger partial charge in [0.1, 0.15) is 0 Å². The molecular formula is C12H20N4. The van der Waals surface area contributed by atoms with Crippen molar-refractivity contribution in [1.82, 2.24) is 20.2 Å². The molecule has 2 heterocycles. The molecule has 88 valence electrons. The zero-order valence-corrected chi connectivity index (χ0v) is 10.1.